The molecule has 0 saturated heterocycles. The van der Waals surface area contributed by atoms with Crippen molar-refractivity contribution in [2.24, 2.45) is 0 Å². The van der Waals surface area contributed by atoms with Crippen molar-refractivity contribution in [1.82, 2.24) is 0 Å². The van der Waals surface area contributed by atoms with Crippen LogP contribution in [0.25, 0.3) is 12.2 Å². The molecule has 4 rings (SSSR count). The second kappa shape index (κ2) is 19.9. The topological polar surface area (TPSA) is 89.5 Å². The summed E-state index contributed by atoms with van der Waals surface area (Å²) >= 11 is 0. The summed E-state index contributed by atoms with van der Waals surface area (Å²) in [5.74, 6) is 4.21. The van der Waals surface area contributed by atoms with Gasteiger partial charge in [-0.2, -0.15) is 0 Å². The molecule has 0 saturated carbocycles. The average molecular weight is 653 g/mol. The number of hydrogen-bond donors (Lipinski definition) is 0. The first kappa shape index (κ1) is 37.0. The molecular formula is C40H44O8. The van der Waals surface area contributed by atoms with Crippen LogP contribution >= 0.6 is 0 Å². The molecule has 0 unspecified atom stereocenters. The summed E-state index contributed by atoms with van der Waals surface area (Å²) in [6.07, 6.45) is 6.54. The van der Waals surface area contributed by atoms with E-state index in [2.05, 4.69) is 0 Å². The first-order chi connectivity index (χ1) is 23.3. The molecule has 0 atom stereocenters. The highest BCUT2D eigenvalue weighted by Crippen LogP contribution is 2.27. The maximum atomic E-state index is 12.4. The van der Waals surface area contributed by atoms with Crippen LogP contribution in [-0.4, -0.2) is 52.2 Å². The summed E-state index contributed by atoms with van der Waals surface area (Å²) in [4.78, 5) is 24.6. The molecule has 0 aliphatic rings. The van der Waals surface area contributed by atoms with Crippen molar-refractivity contribution in [3.63, 3.8) is 0 Å². The van der Waals surface area contributed by atoms with Gasteiger partial charge in [-0.15, -0.1) is 0 Å². The monoisotopic (exact) mass is 652 g/mol. The molecule has 8 nitrogen and oxygen atoms in total. The van der Waals surface area contributed by atoms with E-state index in [0.717, 1.165) is 34.1 Å². The zero-order chi connectivity index (χ0) is 34.7. The van der Waals surface area contributed by atoms with Gasteiger partial charge in [-0.25, -0.2) is 0 Å². The molecule has 0 aliphatic carbocycles. The Kier molecular flexibility index (Phi) is 15.3. The molecule has 0 heterocycles. The molecule has 4 aromatic carbocycles. The fourth-order valence-electron chi connectivity index (χ4n) is 4.46. The summed E-state index contributed by atoms with van der Waals surface area (Å²) in [6.45, 7) is 10.0. The molecule has 4 aromatic rings. The maximum absolute atomic E-state index is 12.4. The third kappa shape index (κ3) is 11.4. The van der Waals surface area contributed by atoms with Gasteiger partial charge in [0.15, 0.2) is 11.6 Å². The van der Waals surface area contributed by atoms with Crippen LogP contribution < -0.4 is 28.4 Å². The number of rotatable bonds is 16. The second-order valence-electron chi connectivity index (χ2n) is 9.98. The molecule has 0 amide bonds. The normalized spacial score (nSPS) is 10.6. The zero-order valence-corrected chi connectivity index (χ0v) is 28.5. The van der Waals surface area contributed by atoms with Crippen molar-refractivity contribution in [1.29, 1.82) is 0 Å². The van der Waals surface area contributed by atoms with E-state index in [1.807, 2.05) is 58.0 Å². The zero-order valence-electron chi connectivity index (χ0n) is 28.5. The molecule has 0 N–H and O–H groups in total. The highest BCUT2D eigenvalue weighted by Gasteiger charge is 2.07. The van der Waals surface area contributed by atoms with Gasteiger partial charge >= 0.3 is 0 Å². The fraction of sp³-hybridized carbons (Fsp3) is 0.250. The Hall–Kier alpha value is -5.50. The van der Waals surface area contributed by atoms with E-state index in [4.69, 9.17) is 28.4 Å². The molecular weight excluding hydrogens is 608 g/mol. The molecule has 0 spiro atoms. The number of ketones is 2. The first-order valence-corrected chi connectivity index (χ1v) is 15.9. The van der Waals surface area contributed by atoms with Crippen LogP contribution in [-0.2, 0) is 0 Å². The minimum absolute atomic E-state index is 0.0766. The lowest BCUT2D eigenvalue weighted by Crippen LogP contribution is -1.98. The first-order valence-electron chi connectivity index (χ1n) is 15.9. The van der Waals surface area contributed by atoms with Crippen molar-refractivity contribution >= 4 is 23.7 Å². The molecule has 48 heavy (non-hydrogen) atoms. The fourth-order valence-corrected chi connectivity index (χ4v) is 4.46. The molecule has 0 fully saturated rings. The average Bonchev–Trinajstić information content (AvgIpc) is 3.11. The number of hydrogen-bond acceptors (Lipinski definition) is 8. The van der Waals surface area contributed by atoms with Crippen molar-refractivity contribution in [2.45, 2.75) is 27.7 Å². The highest BCUT2D eigenvalue weighted by molar-refractivity contribution is 6.07. The van der Waals surface area contributed by atoms with Crippen LogP contribution in [0, 0.1) is 0 Å². The second-order valence-corrected chi connectivity index (χ2v) is 9.98. The van der Waals surface area contributed by atoms with Gasteiger partial charge < -0.3 is 28.4 Å². The molecule has 252 valence electrons. The number of ether oxygens (including phenoxy) is 6. The molecule has 0 aliphatic heterocycles. The van der Waals surface area contributed by atoms with Gasteiger partial charge in [0.2, 0.25) is 0 Å². The maximum Gasteiger partial charge on any atom is 0.185 e. The Bertz CT molecular complexity index is 1650. The summed E-state index contributed by atoms with van der Waals surface area (Å²) in [5.41, 5.74) is 2.81. The summed E-state index contributed by atoms with van der Waals surface area (Å²) in [5, 5.41) is 0. The summed E-state index contributed by atoms with van der Waals surface area (Å²) in [6, 6.07) is 25.2. The third-order valence-electron chi connectivity index (χ3n) is 6.76. The number of allylic oxidation sites excluding steroid dienone is 2. The SMILES string of the molecule is CCOc1ccc(C(=O)C=Cc2cc(OC)ccc2OC)cc1.CCOc1ccc(C(=O)C=Cc2cc(OCC)ccc2OCC)cc1. The van der Waals surface area contributed by atoms with Crippen LogP contribution in [0.5, 0.6) is 34.5 Å². The molecule has 8 heteroatoms. The Morgan fingerprint density at radius 1 is 0.479 bits per heavy atom. The van der Waals surface area contributed by atoms with E-state index in [9.17, 15) is 9.59 Å². The highest BCUT2D eigenvalue weighted by atomic mass is 16.5. The van der Waals surface area contributed by atoms with Gasteiger partial charge in [0.05, 0.1) is 40.6 Å². The van der Waals surface area contributed by atoms with E-state index in [1.165, 1.54) is 6.08 Å². The lowest BCUT2D eigenvalue weighted by Gasteiger charge is -2.10. The molecule has 0 bridgehead atoms. The minimum Gasteiger partial charge on any atom is -0.497 e. The summed E-state index contributed by atoms with van der Waals surface area (Å²) in [7, 11) is 3.19. The quantitative estimate of drug-likeness (QED) is 0.0877. The molecule has 0 aromatic heterocycles. The Morgan fingerprint density at radius 2 is 0.875 bits per heavy atom. The number of carbonyl (C=O) groups is 2. The number of benzene rings is 4. The van der Waals surface area contributed by atoms with Gasteiger partial charge in [-0.3, -0.25) is 9.59 Å². The lowest BCUT2D eigenvalue weighted by molar-refractivity contribution is 0.103. The van der Waals surface area contributed by atoms with E-state index in [1.54, 1.807) is 87.0 Å². The number of methoxy groups -OCH3 is 2. The third-order valence-corrected chi connectivity index (χ3v) is 6.76. The lowest BCUT2D eigenvalue weighted by atomic mass is 10.1. The minimum atomic E-state index is -0.0853. The van der Waals surface area contributed by atoms with Crippen molar-refractivity contribution in [3.8, 4) is 34.5 Å². The number of carbonyl (C=O) groups excluding carboxylic acids is 2. The van der Waals surface area contributed by atoms with Gasteiger partial charge in [-0.1, -0.05) is 0 Å². The van der Waals surface area contributed by atoms with Crippen molar-refractivity contribution < 1.29 is 38.0 Å². The van der Waals surface area contributed by atoms with Crippen LogP contribution in [0.3, 0.4) is 0 Å². The van der Waals surface area contributed by atoms with Crippen LogP contribution in [0.1, 0.15) is 59.5 Å². The van der Waals surface area contributed by atoms with Crippen LogP contribution in [0.15, 0.2) is 97.1 Å². The Balaban J connectivity index is 0.000000261. The predicted molar refractivity (Wildman–Crippen MR) is 190 cm³/mol. The smallest absolute Gasteiger partial charge is 0.185 e. The van der Waals surface area contributed by atoms with E-state index >= 15 is 0 Å². The van der Waals surface area contributed by atoms with Crippen molar-refractivity contribution in [3.05, 3.63) is 119 Å². The molecule has 0 radical (unpaired) electrons. The van der Waals surface area contributed by atoms with Crippen LogP contribution in [0.2, 0.25) is 0 Å². The van der Waals surface area contributed by atoms with E-state index < -0.39 is 0 Å². The van der Waals surface area contributed by atoms with Crippen LogP contribution in [0.4, 0.5) is 0 Å². The van der Waals surface area contributed by atoms with Gasteiger partial charge in [-0.05, 0) is 137 Å². The predicted octanol–water partition coefficient (Wildman–Crippen LogP) is 8.78. The van der Waals surface area contributed by atoms with E-state index in [-0.39, 0.29) is 11.6 Å². The summed E-state index contributed by atoms with van der Waals surface area (Å²) < 4.78 is 32.4. The largest absolute Gasteiger partial charge is 0.497 e. The Morgan fingerprint density at radius 3 is 1.33 bits per heavy atom. The van der Waals surface area contributed by atoms with Gasteiger partial charge in [0.1, 0.15) is 34.5 Å². The standard InChI is InChI=1S/C21H24O4.C19H20O4/c1-4-23-18-10-7-16(8-11-18)20(22)13-9-17-15-19(24-5-2)12-14-21(17)25-6-3;1-4-23-16-8-5-14(6-9-16)18(20)11-7-15-13-17(21-2)10-12-19(15)22-3/h7-15H,4-6H2,1-3H3;5-13H,4H2,1-3H3. The Labute approximate surface area is 283 Å². The van der Waals surface area contributed by atoms with Gasteiger partial charge in [0, 0.05) is 22.3 Å². The van der Waals surface area contributed by atoms with Crippen molar-refractivity contribution in [2.75, 3.05) is 40.6 Å². The van der Waals surface area contributed by atoms with Gasteiger partial charge in [0.25, 0.3) is 0 Å². The van der Waals surface area contributed by atoms with E-state index in [0.29, 0.717) is 49.1 Å².